The predicted octanol–water partition coefficient (Wildman–Crippen LogP) is 1.77. The Labute approximate surface area is 210 Å². The van der Waals surface area contributed by atoms with Gasteiger partial charge in [0.05, 0.1) is 23.2 Å². The number of carbonyl (C=O) groups excluding carboxylic acids is 1. The van der Waals surface area contributed by atoms with E-state index in [-0.39, 0.29) is 11.4 Å². The molecule has 3 aliphatic rings. The summed E-state index contributed by atoms with van der Waals surface area (Å²) in [6.07, 6.45) is 6.68. The van der Waals surface area contributed by atoms with E-state index in [2.05, 4.69) is 33.6 Å². The molecule has 35 heavy (non-hydrogen) atoms. The second-order valence-electron chi connectivity index (χ2n) is 11.1. The van der Waals surface area contributed by atoms with Crippen LogP contribution in [0.4, 0.5) is 0 Å². The van der Waals surface area contributed by atoms with Crippen LogP contribution < -0.4 is 0 Å². The summed E-state index contributed by atoms with van der Waals surface area (Å²) in [5.41, 5.74) is 2.26. The summed E-state index contributed by atoms with van der Waals surface area (Å²) in [6, 6.07) is 0.472. The third-order valence-corrected chi connectivity index (χ3v) is 9.93. The summed E-state index contributed by atoms with van der Waals surface area (Å²) in [7, 11) is -3.07. The molecule has 1 aromatic rings. The topological polar surface area (TPSA) is 90.0 Å². The molecule has 3 saturated heterocycles. The maximum Gasteiger partial charge on any atom is 0.257 e. The number of hydrogen-bond acceptors (Lipinski definition) is 7. The number of piperidine rings is 2. The Hall–Kier alpha value is -1.62. The van der Waals surface area contributed by atoms with Gasteiger partial charge in [0.2, 0.25) is 10.0 Å². The van der Waals surface area contributed by atoms with Crippen molar-refractivity contribution < 1.29 is 13.2 Å². The maximum atomic E-state index is 13.2. The van der Waals surface area contributed by atoms with Crippen molar-refractivity contribution >= 4 is 15.9 Å². The van der Waals surface area contributed by atoms with Gasteiger partial charge in [-0.25, -0.2) is 22.7 Å². The molecule has 10 heteroatoms. The Morgan fingerprint density at radius 2 is 1.63 bits per heavy atom. The number of aromatic nitrogens is 2. The molecule has 0 aliphatic carbocycles. The molecule has 4 rings (SSSR count). The van der Waals surface area contributed by atoms with Gasteiger partial charge in [0.25, 0.3) is 5.91 Å². The Morgan fingerprint density at radius 3 is 2.17 bits per heavy atom. The SMILES string of the molecule is Cc1ncnc(C)c1C(=O)N1CCC(C)(N2CCN(CC3CCN(S(C)(=O)=O)CC3)C(C)C2)CC1. The monoisotopic (exact) mass is 506 g/mol. The van der Waals surface area contributed by atoms with Crippen LogP contribution in [0.25, 0.3) is 0 Å². The van der Waals surface area contributed by atoms with Crippen LogP contribution >= 0.6 is 0 Å². The maximum absolute atomic E-state index is 13.2. The van der Waals surface area contributed by atoms with Crippen molar-refractivity contribution in [1.29, 1.82) is 0 Å². The van der Waals surface area contributed by atoms with Gasteiger partial charge in [-0.2, -0.15) is 0 Å². The van der Waals surface area contributed by atoms with Crippen LogP contribution in [0, 0.1) is 19.8 Å². The first kappa shape index (κ1) is 26.4. The number of piperazine rings is 1. The number of nitrogens with zero attached hydrogens (tertiary/aromatic N) is 6. The molecule has 196 valence electrons. The molecular weight excluding hydrogens is 464 g/mol. The minimum absolute atomic E-state index is 0.0581. The molecule has 1 unspecified atom stereocenters. The van der Waals surface area contributed by atoms with Crippen molar-refractivity contribution in [3.8, 4) is 0 Å². The Morgan fingerprint density at radius 1 is 1.03 bits per heavy atom. The number of carbonyl (C=O) groups is 1. The summed E-state index contributed by atoms with van der Waals surface area (Å²) in [6.45, 7) is 15.5. The van der Waals surface area contributed by atoms with E-state index < -0.39 is 10.0 Å². The van der Waals surface area contributed by atoms with E-state index in [4.69, 9.17) is 0 Å². The second-order valence-corrected chi connectivity index (χ2v) is 13.1. The third-order valence-electron chi connectivity index (χ3n) is 8.63. The van der Waals surface area contributed by atoms with E-state index in [1.165, 1.54) is 12.6 Å². The molecule has 0 aromatic carbocycles. The van der Waals surface area contributed by atoms with Crippen molar-refractivity contribution in [2.75, 3.05) is 58.6 Å². The average Bonchev–Trinajstić information content (AvgIpc) is 2.80. The molecule has 9 nitrogen and oxygen atoms in total. The normalized spacial score (nSPS) is 25.6. The molecule has 3 fully saturated rings. The Balaban J connectivity index is 1.28. The molecule has 1 amide bonds. The Bertz CT molecular complexity index is 996. The highest BCUT2D eigenvalue weighted by Crippen LogP contribution is 2.32. The summed E-state index contributed by atoms with van der Waals surface area (Å²) in [4.78, 5) is 28.9. The van der Waals surface area contributed by atoms with Gasteiger partial charge in [-0.05, 0) is 59.3 Å². The van der Waals surface area contributed by atoms with Gasteiger partial charge in [0, 0.05) is 63.9 Å². The van der Waals surface area contributed by atoms with Crippen molar-refractivity contribution in [3.63, 3.8) is 0 Å². The highest BCUT2D eigenvalue weighted by molar-refractivity contribution is 7.88. The zero-order valence-electron chi connectivity index (χ0n) is 22.0. The number of amides is 1. The predicted molar refractivity (Wildman–Crippen MR) is 137 cm³/mol. The molecule has 1 aromatic heterocycles. The van der Waals surface area contributed by atoms with Crippen LogP contribution in [-0.4, -0.2) is 113 Å². The van der Waals surface area contributed by atoms with E-state index in [0.29, 0.717) is 30.6 Å². The molecule has 0 spiro atoms. The van der Waals surface area contributed by atoms with Crippen molar-refractivity contribution in [3.05, 3.63) is 23.3 Å². The number of rotatable bonds is 5. The molecule has 0 saturated carbocycles. The van der Waals surface area contributed by atoms with Crippen LogP contribution in [-0.2, 0) is 10.0 Å². The third kappa shape index (κ3) is 5.87. The summed E-state index contributed by atoms with van der Waals surface area (Å²) >= 11 is 0. The zero-order valence-corrected chi connectivity index (χ0v) is 22.9. The highest BCUT2D eigenvalue weighted by Gasteiger charge is 2.40. The van der Waals surface area contributed by atoms with Gasteiger partial charge in [0.1, 0.15) is 6.33 Å². The van der Waals surface area contributed by atoms with E-state index >= 15 is 0 Å². The average molecular weight is 507 g/mol. The standard InChI is InChI=1S/C25H42N6O3S/c1-19-16-30(15-14-29(19)17-22-6-10-31(11-7-22)35(5,33)34)25(4)8-12-28(13-9-25)24(32)23-20(2)26-18-27-21(23)3/h18-19,22H,6-17H2,1-5H3. The molecule has 1 atom stereocenters. The van der Waals surface area contributed by atoms with Gasteiger partial charge in [-0.3, -0.25) is 14.6 Å². The highest BCUT2D eigenvalue weighted by atomic mass is 32.2. The summed E-state index contributed by atoms with van der Waals surface area (Å²) in [5.74, 6) is 0.628. The minimum Gasteiger partial charge on any atom is -0.338 e. The molecule has 0 bridgehead atoms. The van der Waals surface area contributed by atoms with Gasteiger partial charge in [-0.1, -0.05) is 0 Å². The molecule has 4 heterocycles. The largest absolute Gasteiger partial charge is 0.338 e. The zero-order chi connectivity index (χ0) is 25.4. The van der Waals surface area contributed by atoms with Gasteiger partial charge >= 0.3 is 0 Å². The lowest BCUT2D eigenvalue weighted by Crippen LogP contribution is -2.62. The van der Waals surface area contributed by atoms with Crippen molar-refractivity contribution in [2.45, 2.75) is 65.0 Å². The van der Waals surface area contributed by atoms with E-state index in [1.54, 1.807) is 4.31 Å². The fourth-order valence-corrected chi connectivity index (χ4v) is 6.95. The number of likely N-dealkylation sites (tertiary alicyclic amines) is 1. The minimum atomic E-state index is -3.07. The van der Waals surface area contributed by atoms with E-state index in [0.717, 1.165) is 76.3 Å². The fraction of sp³-hybridized carbons (Fsp3) is 0.800. The number of sulfonamides is 1. The van der Waals surface area contributed by atoms with Crippen LogP contribution in [0.2, 0.25) is 0 Å². The summed E-state index contributed by atoms with van der Waals surface area (Å²) < 4.78 is 25.2. The first-order valence-electron chi connectivity index (χ1n) is 13.0. The number of aryl methyl sites for hydroxylation is 2. The fourth-order valence-electron chi connectivity index (χ4n) is 6.08. The van der Waals surface area contributed by atoms with Crippen LogP contribution in [0.3, 0.4) is 0 Å². The summed E-state index contributed by atoms with van der Waals surface area (Å²) in [5, 5.41) is 0. The number of hydrogen-bond donors (Lipinski definition) is 0. The molecule has 0 N–H and O–H groups in total. The lowest BCUT2D eigenvalue weighted by molar-refractivity contribution is -0.0223. The van der Waals surface area contributed by atoms with Gasteiger partial charge in [0.15, 0.2) is 0 Å². The van der Waals surface area contributed by atoms with Gasteiger partial charge in [-0.15, -0.1) is 0 Å². The molecule has 3 aliphatic heterocycles. The van der Waals surface area contributed by atoms with Crippen LogP contribution in [0.15, 0.2) is 6.33 Å². The Kier molecular flexibility index (Phi) is 7.85. The first-order chi connectivity index (χ1) is 16.5. The van der Waals surface area contributed by atoms with E-state index in [1.807, 2.05) is 18.7 Å². The first-order valence-corrected chi connectivity index (χ1v) is 14.8. The lowest BCUT2D eigenvalue weighted by Gasteiger charge is -2.52. The van der Waals surface area contributed by atoms with Crippen LogP contribution in [0.5, 0.6) is 0 Å². The van der Waals surface area contributed by atoms with Gasteiger partial charge < -0.3 is 4.90 Å². The second kappa shape index (κ2) is 10.4. The lowest BCUT2D eigenvalue weighted by atomic mass is 9.86. The van der Waals surface area contributed by atoms with Crippen molar-refractivity contribution in [2.24, 2.45) is 5.92 Å². The van der Waals surface area contributed by atoms with Crippen molar-refractivity contribution in [1.82, 2.24) is 29.0 Å². The quantitative estimate of drug-likeness (QED) is 0.601. The molecule has 0 radical (unpaired) electrons. The smallest absolute Gasteiger partial charge is 0.257 e. The van der Waals surface area contributed by atoms with Crippen LogP contribution in [0.1, 0.15) is 61.3 Å². The molecular formula is C25H42N6O3S. The van der Waals surface area contributed by atoms with E-state index in [9.17, 15) is 13.2 Å².